The maximum absolute atomic E-state index is 12.7. The summed E-state index contributed by atoms with van der Waals surface area (Å²) >= 11 is 0.719. The van der Waals surface area contributed by atoms with E-state index in [-0.39, 0.29) is 23.4 Å². The molecule has 0 saturated carbocycles. The van der Waals surface area contributed by atoms with Gasteiger partial charge in [0.1, 0.15) is 0 Å². The molecule has 26 heavy (non-hydrogen) atoms. The molecule has 1 aliphatic heterocycles. The number of hydrogen-bond donors (Lipinski definition) is 1. The van der Waals surface area contributed by atoms with E-state index in [1.165, 1.54) is 9.80 Å². The van der Waals surface area contributed by atoms with Gasteiger partial charge in [0.05, 0.1) is 12.4 Å². The van der Waals surface area contributed by atoms with Crippen LogP contribution in [-0.2, 0) is 15.7 Å². The molecule has 0 aromatic carbocycles. The van der Waals surface area contributed by atoms with E-state index in [1.807, 2.05) is 0 Å². The zero-order valence-corrected chi connectivity index (χ0v) is 14.7. The summed E-state index contributed by atoms with van der Waals surface area (Å²) in [5, 5.41) is -0.275. The average molecular weight is 394 g/mol. The number of amides is 2. The van der Waals surface area contributed by atoms with Crippen LogP contribution >= 0.6 is 11.8 Å². The monoisotopic (exact) mass is 394 g/mol. The number of piperazine rings is 1. The Morgan fingerprint density at radius 3 is 2.46 bits per heavy atom. The third kappa shape index (κ3) is 5.38. The van der Waals surface area contributed by atoms with Crippen molar-refractivity contribution in [3.05, 3.63) is 22.1 Å². The van der Waals surface area contributed by atoms with Gasteiger partial charge in [-0.25, -0.2) is 9.78 Å². The molecule has 1 aromatic heterocycles. The van der Waals surface area contributed by atoms with Gasteiger partial charge in [0.25, 0.3) is 5.56 Å². The molecule has 1 fully saturated rings. The van der Waals surface area contributed by atoms with E-state index < -0.39 is 23.5 Å². The van der Waals surface area contributed by atoms with Crippen LogP contribution in [0.4, 0.5) is 18.0 Å². The van der Waals surface area contributed by atoms with Crippen LogP contribution in [0, 0.1) is 0 Å². The van der Waals surface area contributed by atoms with E-state index in [1.54, 1.807) is 6.92 Å². The lowest BCUT2D eigenvalue weighted by molar-refractivity contribution is -0.141. The van der Waals surface area contributed by atoms with Crippen LogP contribution in [0.15, 0.2) is 16.0 Å². The normalized spacial score (nSPS) is 15.1. The van der Waals surface area contributed by atoms with Crippen molar-refractivity contribution in [1.82, 2.24) is 19.8 Å². The Bertz CT molecular complexity index is 717. The Hall–Kier alpha value is -2.24. The van der Waals surface area contributed by atoms with Gasteiger partial charge in [-0.15, -0.1) is 0 Å². The maximum atomic E-state index is 12.7. The number of hydrogen-bond acceptors (Lipinski definition) is 6. The standard InChI is InChI=1S/C14H17F3N4O4S/c1-2-25-13(24)21-5-3-20(4-6-21)11(23)8-26-12-18-9(14(15,16)17)7-10(22)19-12/h7H,2-6,8H2,1H3,(H,18,19,22). The van der Waals surface area contributed by atoms with E-state index in [0.717, 1.165) is 11.8 Å². The fourth-order valence-electron chi connectivity index (χ4n) is 2.22. The molecule has 0 aliphatic carbocycles. The maximum Gasteiger partial charge on any atom is 0.433 e. The first-order chi connectivity index (χ1) is 12.2. The molecule has 0 unspecified atom stereocenters. The molecule has 2 amide bonds. The Kier molecular flexibility index (Phi) is 6.51. The van der Waals surface area contributed by atoms with Crippen LogP contribution < -0.4 is 5.56 Å². The highest BCUT2D eigenvalue weighted by Crippen LogP contribution is 2.27. The lowest BCUT2D eigenvalue weighted by Crippen LogP contribution is -2.51. The van der Waals surface area contributed by atoms with Gasteiger partial charge in [0.2, 0.25) is 5.91 Å². The number of aromatic amines is 1. The van der Waals surface area contributed by atoms with Crippen LogP contribution in [0.25, 0.3) is 0 Å². The molecule has 0 atom stereocenters. The lowest BCUT2D eigenvalue weighted by Gasteiger charge is -2.34. The molecule has 1 aliphatic rings. The number of H-pyrrole nitrogens is 1. The van der Waals surface area contributed by atoms with Crippen LogP contribution in [-0.4, -0.2) is 70.3 Å². The highest BCUT2D eigenvalue weighted by atomic mass is 32.2. The van der Waals surface area contributed by atoms with Crippen molar-refractivity contribution in [1.29, 1.82) is 0 Å². The molecular weight excluding hydrogens is 377 g/mol. The van der Waals surface area contributed by atoms with Gasteiger partial charge < -0.3 is 19.5 Å². The third-order valence-electron chi connectivity index (χ3n) is 3.50. The smallest absolute Gasteiger partial charge is 0.433 e. The van der Waals surface area contributed by atoms with Gasteiger partial charge in [-0.3, -0.25) is 9.59 Å². The van der Waals surface area contributed by atoms with Crippen molar-refractivity contribution in [2.75, 3.05) is 38.5 Å². The summed E-state index contributed by atoms with van der Waals surface area (Å²) in [4.78, 5) is 43.5. The first-order valence-electron chi connectivity index (χ1n) is 7.71. The molecule has 1 N–H and O–H groups in total. The number of carbonyl (C=O) groups is 2. The molecular formula is C14H17F3N4O4S. The molecule has 0 radical (unpaired) electrons. The first-order valence-corrected chi connectivity index (χ1v) is 8.70. The molecule has 2 rings (SSSR count). The quantitative estimate of drug-likeness (QED) is 0.609. The number of thioether (sulfide) groups is 1. The van der Waals surface area contributed by atoms with Gasteiger partial charge in [0.15, 0.2) is 10.9 Å². The largest absolute Gasteiger partial charge is 0.450 e. The lowest BCUT2D eigenvalue weighted by atomic mass is 10.3. The Morgan fingerprint density at radius 2 is 1.88 bits per heavy atom. The van der Waals surface area contributed by atoms with Crippen LogP contribution in [0.2, 0.25) is 0 Å². The highest BCUT2D eigenvalue weighted by Gasteiger charge is 2.33. The predicted octanol–water partition coefficient (Wildman–Crippen LogP) is 1.18. The van der Waals surface area contributed by atoms with Crippen molar-refractivity contribution in [3.8, 4) is 0 Å². The Morgan fingerprint density at radius 1 is 1.27 bits per heavy atom. The van der Waals surface area contributed by atoms with E-state index in [9.17, 15) is 27.6 Å². The summed E-state index contributed by atoms with van der Waals surface area (Å²) in [6.07, 6.45) is -5.18. The summed E-state index contributed by atoms with van der Waals surface area (Å²) in [5.74, 6) is -0.498. The van der Waals surface area contributed by atoms with Crippen LogP contribution in [0.3, 0.4) is 0 Å². The number of carbonyl (C=O) groups excluding carboxylic acids is 2. The summed E-state index contributed by atoms with van der Waals surface area (Å²) in [7, 11) is 0. The van der Waals surface area contributed by atoms with Gasteiger partial charge in [-0.2, -0.15) is 13.2 Å². The fourth-order valence-corrected chi connectivity index (χ4v) is 3.00. The van der Waals surface area contributed by atoms with Crippen molar-refractivity contribution in [3.63, 3.8) is 0 Å². The van der Waals surface area contributed by atoms with Gasteiger partial charge in [-0.1, -0.05) is 11.8 Å². The molecule has 1 aromatic rings. The summed E-state index contributed by atoms with van der Waals surface area (Å²) in [6.45, 7) is 3.18. The SMILES string of the molecule is CCOC(=O)N1CCN(C(=O)CSc2nc(C(F)(F)F)cc(=O)[nH]2)CC1. The van der Waals surface area contributed by atoms with E-state index >= 15 is 0 Å². The second-order valence-corrected chi connectivity index (χ2v) is 6.25. The zero-order chi connectivity index (χ0) is 19.3. The third-order valence-corrected chi connectivity index (χ3v) is 4.36. The van der Waals surface area contributed by atoms with E-state index in [2.05, 4.69) is 9.97 Å². The molecule has 144 valence electrons. The van der Waals surface area contributed by atoms with Crippen LogP contribution in [0.5, 0.6) is 0 Å². The molecule has 8 nitrogen and oxygen atoms in total. The Labute approximate surface area is 150 Å². The predicted molar refractivity (Wildman–Crippen MR) is 85.8 cm³/mol. The minimum Gasteiger partial charge on any atom is -0.450 e. The molecule has 0 bridgehead atoms. The minimum absolute atomic E-state index is 0.177. The summed E-state index contributed by atoms with van der Waals surface area (Å²) < 4.78 is 42.8. The van der Waals surface area contributed by atoms with Gasteiger partial charge >= 0.3 is 12.3 Å². The second-order valence-electron chi connectivity index (χ2n) is 5.29. The van der Waals surface area contributed by atoms with Crippen molar-refractivity contribution in [2.45, 2.75) is 18.3 Å². The Balaban J connectivity index is 1.89. The number of rotatable bonds is 4. The number of halogens is 3. The molecule has 0 spiro atoms. The van der Waals surface area contributed by atoms with Crippen molar-refractivity contribution >= 4 is 23.8 Å². The topological polar surface area (TPSA) is 95.6 Å². The van der Waals surface area contributed by atoms with E-state index in [0.29, 0.717) is 32.2 Å². The van der Waals surface area contributed by atoms with E-state index in [4.69, 9.17) is 4.74 Å². The zero-order valence-electron chi connectivity index (χ0n) is 13.8. The second kappa shape index (κ2) is 8.43. The molecule has 12 heteroatoms. The number of alkyl halides is 3. The van der Waals surface area contributed by atoms with Crippen LogP contribution in [0.1, 0.15) is 12.6 Å². The minimum atomic E-state index is -4.74. The molecule has 2 heterocycles. The summed E-state index contributed by atoms with van der Waals surface area (Å²) in [6, 6.07) is 0.362. The number of nitrogens with zero attached hydrogens (tertiary/aromatic N) is 3. The summed E-state index contributed by atoms with van der Waals surface area (Å²) in [5.41, 5.74) is -2.25. The number of nitrogens with one attached hydrogen (secondary N) is 1. The van der Waals surface area contributed by atoms with Crippen molar-refractivity contribution in [2.24, 2.45) is 0 Å². The number of aromatic nitrogens is 2. The van der Waals surface area contributed by atoms with Crippen molar-refractivity contribution < 1.29 is 27.5 Å². The average Bonchev–Trinajstić information content (AvgIpc) is 2.59. The van der Waals surface area contributed by atoms with Gasteiger partial charge in [-0.05, 0) is 6.92 Å². The molecule has 1 saturated heterocycles. The highest BCUT2D eigenvalue weighted by molar-refractivity contribution is 7.99. The first kappa shape index (κ1) is 20.1. The fraction of sp³-hybridized carbons (Fsp3) is 0.571. The number of ether oxygens (including phenoxy) is 1. The van der Waals surface area contributed by atoms with Gasteiger partial charge in [0, 0.05) is 32.2 Å².